The van der Waals surface area contributed by atoms with Crippen LogP contribution in [0.3, 0.4) is 0 Å². The standard InChI is InChI=1S/C9H16N2/c1-4-10-5-7-11(8-6-10)9(2)3/h1,9H,5-8H2,2-3H3. The minimum absolute atomic E-state index is 0.662. The molecule has 0 spiro atoms. The quantitative estimate of drug-likeness (QED) is 0.508. The van der Waals surface area contributed by atoms with E-state index in [0.717, 1.165) is 26.2 Å². The Morgan fingerprint density at radius 3 is 2.09 bits per heavy atom. The number of rotatable bonds is 1. The highest BCUT2D eigenvalue weighted by atomic mass is 15.3. The van der Waals surface area contributed by atoms with Crippen LogP contribution in [0.5, 0.6) is 0 Å². The Morgan fingerprint density at radius 1 is 1.18 bits per heavy atom. The lowest BCUT2D eigenvalue weighted by Gasteiger charge is -2.34. The molecule has 0 aliphatic carbocycles. The van der Waals surface area contributed by atoms with Crippen LogP contribution in [0.25, 0.3) is 0 Å². The first-order valence-corrected chi connectivity index (χ1v) is 4.19. The Bertz CT molecular complexity index is 149. The van der Waals surface area contributed by atoms with E-state index in [9.17, 15) is 0 Å². The van der Waals surface area contributed by atoms with Gasteiger partial charge in [-0.2, -0.15) is 0 Å². The number of hydrogen-bond acceptors (Lipinski definition) is 2. The first kappa shape index (κ1) is 8.42. The van der Waals surface area contributed by atoms with Gasteiger partial charge in [-0.15, -0.1) is 0 Å². The van der Waals surface area contributed by atoms with E-state index < -0.39 is 0 Å². The van der Waals surface area contributed by atoms with Gasteiger partial charge in [0.15, 0.2) is 0 Å². The van der Waals surface area contributed by atoms with Crippen LogP contribution >= 0.6 is 0 Å². The van der Waals surface area contributed by atoms with Crippen LogP contribution in [0.1, 0.15) is 13.8 Å². The van der Waals surface area contributed by atoms with Crippen molar-refractivity contribution in [3.05, 3.63) is 0 Å². The lowest BCUT2D eigenvalue weighted by atomic mass is 10.2. The van der Waals surface area contributed by atoms with Gasteiger partial charge in [-0.1, -0.05) is 6.42 Å². The molecule has 0 atom stereocenters. The van der Waals surface area contributed by atoms with Crippen molar-refractivity contribution in [2.45, 2.75) is 19.9 Å². The predicted octanol–water partition coefficient (Wildman–Crippen LogP) is 0.603. The molecule has 0 saturated carbocycles. The van der Waals surface area contributed by atoms with Crippen molar-refractivity contribution in [1.82, 2.24) is 9.80 Å². The zero-order valence-corrected chi connectivity index (χ0v) is 7.38. The van der Waals surface area contributed by atoms with Gasteiger partial charge < -0.3 is 4.90 Å². The summed E-state index contributed by atoms with van der Waals surface area (Å²) in [7, 11) is 0. The Labute approximate surface area is 69.2 Å². The molecule has 1 aliphatic rings. The topological polar surface area (TPSA) is 6.48 Å². The minimum Gasteiger partial charge on any atom is -0.330 e. The van der Waals surface area contributed by atoms with Crippen molar-refractivity contribution in [2.75, 3.05) is 26.2 Å². The van der Waals surface area contributed by atoms with E-state index in [1.165, 1.54) is 0 Å². The molecule has 1 heterocycles. The lowest BCUT2D eigenvalue weighted by Crippen LogP contribution is -2.46. The molecule has 2 nitrogen and oxygen atoms in total. The maximum absolute atomic E-state index is 5.28. The highest BCUT2D eigenvalue weighted by Crippen LogP contribution is 2.03. The number of piperazine rings is 1. The largest absolute Gasteiger partial charge is 0.330 e. The average molecular weight is 152 g/mol. The van der Waals surface area contributed by atoms with Gasteiger partial charge in [0, 0.05) is 38.3 Å². The molecule has 2 heteroatoms. The Balaban J connectivity index is 2.31. The smallest absolute Gasteiger partial charge is 0.0388 e. The zero-order chi connectivity index (χ0) is 8.27. The normalized spacial score (nSPS) is 20.4. The summed E-state index contributed by atoms with van der Waals surface area (Å²) < 4.78 is 0. The molecular weight excluding hydrogens is 136 g/mol. The van der Waals surface area contributed by atoms with Gasteiger partial charge in [0.1, 0.15) is 0 Å². The molecular formula is C9H16N2. The van der Waals surface area contributed by atoms with Gasteiger partial charge in [-0.25, -0.2) is 0 Å². The van der Waals surface area contributed by atoms with Crippen LogP contribution in [0.15, 0.2) is 0 Å². The molecule has 1 saturated heterocycles. The maximum Gasteiger partial charge on any atom is 0.0388 e. The van der Waals surface area contributed by atoms with Gasteiger partial charge in [-0.3, -0.25) is 4.90 Å². The maximum atomic E-state index is 5.28. The highest BCUT2D eigenvalue weighted by molar-refractivity contribution is 4.88. The van der Waals surface area contributed by atoms with Gasteiger partial charge >= 0.3 is 0 Å². The third kappa shape index (κ3) is 2.13. The Morgan fingerprint density at radius 2 is 1.73 bits per heavy atom. The summed E-state index contributed by atoms with van der Waals surface area (Å²) in [6.45, 7) is 8.73. The lowest BCUT2D eigenvalue weighted by molar-refractivity contribution is 0.143. The van der Waals surface area contributed by atoms with E-state index in [-0.39, 0.29) is 0 Å². The molecule has 0 amide bonds. The minimum atomic E-state index is 0.662. The van der Waals surface area contributed by atoms with Gasteiger partial charge in [0.05, 0.1) is 0 Å². The molecule has 0 aromatic heterocycles. The Hall–Kier alpha value is -0.680. The van der Waals surface area contributed by atoms with Gasteiger partial charge in [0.25, 0.3) is 0 Å². The summed E-state index contributed by atoms with van der Waals surface area (Å²) in [5, 5.41) is 0. The summed E-state index contributed by atoms with van der Waals surface area (Å²) in [4.78, 5) is 4.49. The summed E-state index contributed by atoms with van der Waals surface area (Å²) in [5.74, 6) is 0. The van der Waals surface area contributed by atoms with E-state index in [0.29, 0.717) is 6.04 Å². The van der Waals surface area contributed by atoms with E-state index in [1.54, 1.807) is 0 Å². The zero-order valence-electron chi connectivity index (χ0n) is 7.38. The van der Waals surface area contributed by atoms with Crippen LogP contribution < -0.4 is 0 Å². The fourth-order valence-corrected chi connectivity index (χ4v) is 1.37. The van der Waals surface area contributed by atoms with Crippen LogP contribution in [0.4, 0.5) is 0 Å². The van der Waals surface area contributed by atoms with Crippen molar-refractivity contribution >= 4 is 0 Å². The second kappa shape index (κ2) is 3.64. The number of hydrogen-bond donors (Lipinski definition) is 0. The summed E-state index contributed by atoms with van der Waals surface area (Å²) in [6.07, 6.45) is 5.28. The van der Waals surface area contributed by atoms with Crippen LogP contribution in [-0.4, -0.2) is 42.0 Å². The monoisotopic (exact) mass is 152 g/mol. The fourth-order valence-electron chi connectivity index (χ4n) is 1.37. The summed E-state index contributed by atoms with van der Waals surface area (Å²) in [5.41, 5.74) is 0. The first-order chi connectivity index (χ1) is 5.24. The molecule has 1 rings (SSSR count). The molecule has 1 aliphatic heterocycles. The van der Waals surface area contributed by atoms with Crippen LogP contribution in [0, 0.1) is 12.5 Å². The summed E-state index contributed by atoms with van der Waals surface area (Å²) >= 11 is 0. The van der Waals surface area contributed by atoms with Crippen molar-refractivity contribution in [3.63, 3.8) is 0 Å². The fraction of sp³-hybridized carbons (Fsp3) is 0.778. The first-order valence-electron chi connectivity index (χ1n) is 4.19. The summed E-state index contributed by atoms with van der Waals surface area (Å²) in [6, 6.07) is 3.33. The van der Waals surface area contributed by atoms with Crippen molar-refractivity contribution in [3.8, 4) is 12.5 Å². The van der Waals surface area contributed by atoms with Crippen molar-refractivity contribution < 1.29 is 0 Å². The molecule has 0 aromatic carbocycles. The van der Waals surface area contributed by atoms with E-state index >= 15 is 0 Å². The molecule has 0 bridgehead atoms. The number of terminal acetylenes is 1. The molecule has 0 unspecified atom stereocenters. The molecule has 0 radical (unpaired) electrons. The Kier molecular flexibility index (Phi) is 2.78. The second-order valence-corrected chi connectivity index (χ2v) is 3.25. The van der Waals surface area contributed by atoms with Crippen molar-refractivity contribution in [2.24, 2.45) is 0 Å². The third-order valence-electron chi connectivity index (χ3n) is 2.23. The second-order valence-electron chi connectivity index (χ2n) is 3.25. The van der Waals surface area contributed by atoms with Crippen LogP contribution in [0.2, 0.25) is 0 Å². The van der Waals surface area contributed by atoms with Gasteiger partial charge in [-0.05, 0) is 13.8 Å². The predicted molar refractivity (Wildman–Crippen MR) is 47.1 cm³/mol. The van der Waals surface area contributed by atoms with Crippen molar-refractivity contribution in [1.29, 1.82) is 0 Å². The molecule has 62 valence electrons. The third-order valence-corrected chi connectivity index (χ3v) is 2.23. The number of nitrogens with zero attached hydrogens (tertiary/aromatic N) is 2. The highest BCUT2D eigenvalue weighted by Gasteiger charge is 2.15. The van der Waals surface area contributed by atoms with E-state index in [2.05, 4.69) is 24.8 Å². The molecule has 0 N–H and O–H groups in total. The van der Waals surface area contributed by atoms with E-state index in [4.69, 9.17) is 6.42 Å². The molecule has 11 heavy (non-hydrogen) atoms. The molecule has 0 aromatic rings. The van der Waals surface area contributed by atoms with Gasteiger partial charge in [0.2, 0.25) is 0 Å². The average Bonchev–Trinajstić information content (AvgIpc) is 2.05. The molecule has 1 fully saturated rings. The SMILES string of the molecule is C#CN1CCN(C(C)C)CC1. The van der Waals surface area contributed by atoms with E-state index in [1.807, 2.05) is 4.90 Å². The van der Waals surface area contributed by atoms with Crippen LogP contribution in [-0.2, 0) is 0 Å².